The summed E-state index contributed by atoms with van der Waals surface area (Å²) < 4.78 is 2.07. The van der Waals surface area contributed by atoms with Crippen LogP contribution in [0.15, 0.2) is 17.6 Å². The summed E-state index contributed by atoms with van der Waals surface area (Å²) in [5, 5.41) is 0. The summed E-state index contributed by atoms with van der Waals surface area (Å²) in [4.78, 5) is 8.54. The summed E-state index contributed by atoms with van der Waals surface area (Å²) in [6.07, 6.45) is 4.27. The van der Waals surface area contributed by atoms with Crippen molar-refractivity contribution in [2.45, 2.75) is 20.3 Å². The number of hydrogen-bond acceptors (Lipinski definition) is 2. The Kier molecular flexibility index (Phi) is 3.01. The van der Waals surface area contributed by atoms with E-state index < -0.39 is 0 Å². The fourth-order valence-electron chi connectivity index (χ4n) is 1.26. The highest BCUT2D eigenvalue weighted by atomic mass is 15.1. The molecule has 0 saturated heterocycles. The lowest BCUT2D eigenvalue weighted by Gasteiger charge is -1.99. The maximum absolute atomic E-state index is 4.34. The molecule has 0 bridgehead atoms. The summed E-state index contributed by atoms with van der Waals surface area (Å²) in [5.41, 5.74) is 1.16. The van der Waals surface area contributed by atoms with Crippen LogP contribution in [0.2, 0.25) is 0 Å². The van der Waals surface area contributed by atoms with Gasteiger partial charge in [0.1, 0.15) is 5.82 Å². The monoisotopic (exact) mass is 177 g/mol. The zero-order valence-electron chi connectivity index (χ0n) is 8.41. The van der Waals surface area contributed by atoms with E-state index in [1.807, 2.05) is 14.0 Å². The molecule has 0 spiro atoms. The van der Waals surface area contributed by atoms with Gasteiger partial charge in [0.25, 0.3) is 0 Å². The van der Waals surface area contributed by atoms with Gasteiger partial charge in [0, 0.05) is 13.3 Å². The summed E-state index contributed by atoms with van der Waals surface area (Å²) in [6, 6.07) is 0. The number of aromatic nitrogens is 2. The molecular formula is C10H15N3. The van der Waals surface area contributed by atoms with E-state index in [9.17, 15) is 0 Å². The molecule has 0 unspecified atom stereocenters. The molecule has 3 nitrogen and oxygen atoms in total. The van der Waals surface area contributed by atoms with E-state index in [0.717, 1.165) is 23.8 Å². The first-order valence-corrected chi connectivity index (χ1v) is 4.38. The number of aryl methyl sites for hydroxylation is 1. The van der Waals surface area contributed by atoms with Crippen LogP contribution in [0.4, 0.5) is 5.82 Å². The van der Waals surface area contributed by atoms with Crippen LogP contribution >= 0.6 is 0 Å². The fourth-order valence-corrected chi connectivity index (χ4v) is 1.26. The van der Waals surface area contributed by atoms with Gasteiger partial charge in [-0.3, -0.25) is 0 Å². The molecule has 0 fully saturated rings. The van der Waals surface area contributed by atoms with Crippen molar-refractivity contribution >= 4 is 12.0 Å². The first kappa shape index (κ1) is 9.71. The average Bonchev–Trinajstić information content (AvgIpc) is 2.39. The SMILES string of the molecule is C=C/C=N\c1nc(C)n(C)c1CC. The molecule has 0 aromatic carbocycles. The van der Waals surface area contributed by atoms with Gasteiger partial charge in [-0.1, -0.05) is 19.6 Å². The van der Waals surface area contributed by atoms with Crippen molar-refractivity contribution in [3.05, 3.63) is 24.2 Å². The second-order valence-corrected chi connectivity index (χ2v) is 2.86. The van der Waals surface area contributed by atoms with Crippen molar-refractivity contribution in [1.82, 2.24) is 9.55 Å². The van der Waals surface area contributed by atoms with Gasteiger partial charge in [-0.2, -0.15) is 0 Å². The van der Waals surface area contributed by atoms with Gasteiger partial charge < -0.3 is 4.57 Å². The van der Waals surface area contributed by atoms with Crippen LogP contribution in [0.3, 0.4) is 0 Å². The quantitative estimate of drug-likeness (QED) is 0.651. The highest BCUT2D eigenvalue weighted by Gasteiger charge is 2.07. The molecular weight excluding hydrogens is 162 g/mol. The molecule has 13 heavy (non-hydrogen) atoms. The van der Waals surface area contributed by atoms with Gasteiger partial charge in [-0.05, 0) is 13.3 Å². The molecule has 70 valence electrons. The highest BCUT2D eigenvalue weighted by Crippen LogP contribution is 2.18. The maximum atomic E-state index is 4.34. The molecule has 1 aromatic rings. The summed E-state index contributed by atoms with van der Waals surface area (Å²) in [6.45, 7) is 7.66. The van der Waals surface area contributed by atoms with Gasteiger partial charge in [0.2, 0.25) is 0 Å². The van der Waals surface area contributed by atoms with Crippen LogP contribution < -0.4 is 0 Å². The van der Waals surface area contributed by atoms with Crippen LogP contribution in [-0.4, -0.2) is 15.8 Å². The van der Waals surface area contributed by atoms with E-state index in [2.05, 4.69) is 28.0 Å². The Morgan fingerprint density at radius 2 is 2.31 bits per heavy atom. The minimum Gasteiger partial charge on any atom is -0.333 e. The molecule has 0 amide bonds. The molecule has 1 aromatic heterocycles. The van der Waals surface area contributed by atoms with E-state index in [1.54, 1.807) is 12.3 Å². The predicted molar refractivity (Wildman–Crippen MR) is 55.7 cm³/mol. The Balaban J connectivity index is 3.13. The van der Waals surface area contributed by atoms with Crippen molar-refractivity contribution in [2.75, 3.05) is 0 Å². The molecule has 0 aliphatic heterocycles. The van der Waals surface area contributed by atoms with E-state index >= 15 is 0 Å². The fraction of sp³-hybridized carbons (Fsp3) is 0.400. The number of aliphatic imine (C=N–C) groups is 1. The minimum absolute atomic E-state index is 0.808. The first-order chi connectivity index (χ1) is 6.20. The third-order valence-corrected chi connectivity index (χ3v) is 2.05. The second kappa shape index (κ2) is 4.03. The van der Waals surface area contributed by atoms with Gasteiger partial charge in [0.15, 0.2) is 5.82 Å². The first-order valence-electron chi connectivity index (χ1n) is 4.38. The number of nitrogens with zero attached hydrogens (tertiary/aromatic N) is 3. The maximum Gasteiger partial charge on any atom is 0.173 e. The van der Waals surface area contributed by atoms with E-state index in [4.69, 9.17) is 0 Å². The van der Waals surface area contributed by atoms with Crippen molar-refractivity contribution in [3.8, 4) is 0 Å². The van der Waals surface area contributed by atoms with Gasteiger partial charge in [0.05, 0.1) is 5.69 Å². The number of imidazole rings is 1. The minimum atomic E-state index is 0.808. The zero-order valence-corrected chi connectivity index (χ0v) is 8.41. The van der Waals surface area contributed by atoms with E-state index in [1.165, 1.54) is 0 Å². The Labute approximate surface area is 78.8 Å². The molecule has 1 rings (SSSR count). The lowest BCUT2D eigenvalue weighted by molar-refractivity contribution is 0.797. The van der Waals surface area contributed by atoms with Gasteiger partial charge >= 0.3 is 0 Å². The highest BCUT2D eigenvalue weighted by molar-refractivity contribution is 5.73. The van der Waals surface area contributed by atoms with Crippen LogP contribution in [0, 0.1) is 6.92 Å². The number of rotatable bonds is 3. The van der Waals surface area contributed by atoms with Crippen molar-refractivity contribution in [3.63, 3.8) is 0 Å². The third kappa shape index (κ3) is 1.86. The normalized spacial score (nSPS) is 11.0. The van der Waals surface area contributed by atoms with Crippen LogP contribution in [0.5, 0.6) is 0 Å². The topological polar surface area (TPSA) is 30.2 Å². The molecule has 0 N–H and O–H groups in total. The van der Waals surface area contributed by atoms with Gasteiger partial charge in [-0.25, -0.2) is 9.98 Å². The van der Waals surface area contributed by atoms with Crippen molar-refractivity contribution < 1.29 is 0 Å². The Morgan fingerprint density at radius 3 is 2.85 bits per heavy atom. The largest absolute Gasteiger partial charge is 0.333 e. The van der Waals surface area contributed by atoms with Crippen molar-refractivity contribution in [1.29, 1.82) is 0 Å². The molecule has 0 aliphatic rings. The third-order valence-electron chi connectivity index (χ3n) is 2.05. The molecule has 0 aliphatic carbocycles. The van der Waals surface area contributed by atoms with Crippen LogP contribution in [0.1, 0.15) is 18.4 Å². The molecule has 3 heteroatoms. The Hall–Kier alpha value is -1.38. The summed E-state index contributed by atoms with van der Waals surface area (Å²) in [5.74, 6) is 1.80. The van der Waals surface area contributed by atoms with Gasteiger partial charge in [-0.15, -0.1) is 0 Å². The van der Waals surface area contributed by atoms with E-state index in [0.29, 0.717) is 0 Å². The van der Waals surface area contributed by atoms with E-state index in [-0.39, 0.29) is 0 Å². The van der Waals surface area contributed by atoms with Crippen LogP contribution in [0.25, 0.3) is 0 Å². The molecule has 0 saturated carbocycles. The lowest BCUT2D eigenvalue weighted by Crippen LogP contribution is -1.96. The average molecular weight is 177 g/mol. The van der Waals surface area contributed by atoms with Crippen molar-refractivity contribution in [2.24, 2.45) is 12.0 Å². The Bertz CT molecular complexity index is 334. The summed E-state index contributed by atoms with van der Waals surface area (Å²) >= 11 is 0. The smallest absolute Gasteiger partial charge is 0.173 e. The molecule has 0 radical (unpaired) electrons. The zero-order chi connectivity index (χ0) is 9.84. The molecule has 0 atom stereocenters. The Morgan fingerprint density at radius 1 is 1.62 bits per heavy atom. The second-order valence-electron chi connectivity index (χ2n) is 2.86. The number of allylic oxidation sites excluding steroid dienone is 1. The van der Waals surface area contributed by atoms with Crippen LogP contribution in [-0.2, 0) is 13.5 Å². The standard InChI is InChI=1S/C10H15N3/c1-5-7-11-10-9(6-2)13(4)8(3)12-10/h5,7H,1,6H2,2-4H3/b11-7-. The molecule has 1 heterocycles. The predicted octanol–water partition coefficient (Wildman–Crippen LogP) is 2.18. The number of hydrogen-bond donors (Lipinski definition) is 0. The summed E-state index contributed by atoms with van der Waals surface area (Å²) in [7, 11) is 2.01. The lowest BCUT2D eigenvalue weighted by atomic mass is 10.3.